The molecule has 1 fully saturated rings. The highest BCUT2D eigenvalue weighted by Crippen LogP contribution is 2.20. The van der Waals surface area contributed by atoms with Crippen molar-refractivity contribution in [1.82, 2.24) is 10.2 Å². The van der Waals surface area contributed by atoms with Gasteiger partial charge in [-0.3, -0.25) is 4.79 Å². The van der Waals surface area contributed by atoms with E-state index >= 15 is 0 Å². The molecule has 0 radical (unpaired) electrons. The fourth-order valence-electron chi connectivity index (χ4n) is 3.08. The number of nitrogens with one attached hydrogen (secondary N) is 2. The van der Waals surface area contributed by atoms with Gasteiger partial charge in [0, 0.05) is 25.3 Å². The average molecular weight is 408 g/mol. The van der Waals surface area contributed by atoms with Crippen LogP contribution in [0, 0.1) is 17.6 Å². The first kappa shape index (κ1) is 20.1. The first-order valence-electron chi connectivity index (χ1n) is 8.97. The van der Waals surface area contributed by atoms with Gasteiger partial charge in [-0.05, 0) is 61.2 Å². The third-order valence-corrected chi connectivity index (χ3v) is 5.04. The molecule has 0 atom stereocenters. The van der Waals surface area contributed by atoms with Crippen molar-refractivity contribution < 1.29 is 18.4 Å². The Balaban J connectivity index is 1.44. The second-order valence-corrected chi connectivity index (χ2v) is 7.11. The van der Waals surface area contributed by atoms with Crippen molar-refractivity contribution in [1.29, 1.82) is 0 Å². The van der Waals surface area contributed by atoms with Gasteiger partial charge >= 0.3 is 6.03 Å². The van der Waals surface area contributed by atoms with E-state index in [0.29, 0.717) is 25.3 Å². The van der Waals surface area contributed by atoms with E-state index in [9.17, 15) is 18.4 Å². The quantitative estimate of drug-likeness (QED) is 0.794. The minimum Gasteiger partial charge on any atom is -0.352 e. The molecule has 3 amide bonds. The van der Waals surface area contributed by atoms with Crippen LogP contribution in [-0.2, 0) is 0 Å². The molecule has 28 heavy (non-hydrogen) atoms. The normalized spacial score (nSPS) is 14.6. The Morgan fingerprint density at radius 3 is 2.32 bits per heavy atom. The summed E-state index contributed by atoms with van der Waals surface area (Å²) in [4.78, 5) is 26.2. The van der Waals surface area contributed by atoms with E-state index in [1.165, 1.54) is 36.4 Å². The zero-order valence-corrected chi connectivity index (χ0v) is 15.8. The van der Waals surface area contributed by atoms with Gasteiger partial charge in [-0.25, -0.2) is 13.6 Å². The number of rotatable bonds is 4. The molecule has 5 nitrogen and oxygen atoms in total. The van der Waals surface area contributed by atoms with Crippen molar-refractivity contribution in [2.24, 2.45) is 5.92 Å². The monoisotopic (exact) mass is 407 g/mol. The lowest BCUT2D eigenvalue weighted by Crippen LogP contribution is -2.43. The second kappa shape index (κ2) is 9.01. The van der Waals surface area contributed by atoms with Gasteiger partial charge in [0.05, 0.1) is 10.6 Å². The van der Waals surface area contributed by atoms with Crippen molar-refractivity contribution in [3.8, 4) is 0 Å². The van der Waals surface area contributed by atoms with Crippen LogP contribution in [0.3, 0.4) is 0 Å². The van der Waals surface area contributed by atoms with E-state index in [4.69, 9.17) is 11.6 Å². The van der Waals surface area contributed by atoms with Crippen LogP contribution in [0.2, 0.25) is 5.02 Å². The van der Waals surface area contributed by atoms with Crippen LogP contribution in [-0.4, -0.2) is 36.5 Å². The number of carbonyl (C=O) groups is 2. The lowest BCUT2D eigenvalue weighted by molar-refractivity contribution is 0.0939. The van der Waals surface area contributed by atoms with Gasteiger partial charge in [0.2, 0.25) is 0 Å². The molecular formula is C20H20ClF2N3O2. The van der Waals surface area contributed by atoms with E-state index in [0.717, 1.165) is 18.9 Å². The lowest BCUT2D eigenvalue weighted by atomic mass is 9.97. The van der Waals surface area contributed by atoms with Crippen molar-refractivity contribution in [2.75, 3.05) is 25.0 Å². The molecule has 1 heterocycles. The Kier molecular flexibility index (Phi) is 6.46. The highest BCUT2D eigenvalue weighted by molar-refractivity contribution is 6.33. The van der Waals surface area contributed by atoms with Gasteiger partial charge < -0.3 is 15.5 Å². The van der Waals surface area contributed by atoms with Crippen LogP contribution in [0.15, 0.2) is 42.5 Å². The topological polar surface area (TPSA) is 61.4 Å². The number of hydrogen-bond donors (Lipinski definition) is 2. The van der Waals surface area contributed by atoms with E-state index in [1.54, 1.807) is 4.90 Å². The van der Waals surface area contributed by atoms with Gasteiger partial charge in [0.1, 0.15) is 11.6 Å². The van der Waals surface area contributed by atoms with Gasteiger partial charge in [-0.2, -0.15) is 0 Å². The number of piperidine rings is 1. The van der Waals surface area contributed by atoms with Crippen LogP contribution in [0.4, 0.5) is 19.3 Å². The summed E-state index contributed by atoms with van der Waals surface area (Å²) in [6.45, 7) is 1.58. The van der Waals surface area contributed by atoms with Crippen molar-refractivity contribution in [3.63, 3.8) is 0 Å². The summed E-state index contributed by atoms with van der Waals surface area (Å²) < 4.78 is 26.0. The molecule has 0 aromatic heterocycles. The maximum Gasteiger partial charge on any atom is 0.321 e. The van der Waals surface area contributed by atoms with E-state index in [1.807, 2.05) is 0 Å². The molecule has 0 aliphatic carbocycles. The molecule has 3 rings (SSSR count). The summed E-state index contributed by atoms with van der Waals surface area (Å²) in [5, 5.41) is 5.63. The number of halogens is 3. The molecule has 8 heteroatoms. The summed E-state index contributed by atoms with van der Waals surface area (Å²) in [5.41, 5.74) is 0.774. The minimum atomic E-state index is -0.493. The van der Waals surface area contributed by atoms with Gasteiger partial charge in [0.25, 0.3) is 5.91 Å². The number of anilines is 1. The summed E-state index contributed by atoms with van der Waals surface area (Å²) in [5.74, 6) is -0.963. The molecule has 2 N–H and O–H groups in total. The molecule has 0 bridgehead atoms. The number of carbonyl (C=O) groups excluding carboxylic acids is 2. The fourth-order valence-corrected chi connectivity index (χ4v) is 3.33. The van der Waals surface area contributed by atoms with Crippen LogP contribution in [0.1, 0.15) is 23.2 Å². The number of urea groups is 1. The Labute approximate surface area is 166 Å². The van der Waals surface area contributed by atoms with E-state index < -0.39 is 5.82 Å². The third kappa shape index (κ3) is 5.19. The van der Waals surface area contributed by atoms with Crippen LogP contribution < -0.4 is 10.6 Å². The summed E-state index contributed by atoms with van der Waals surface area (Å²) in [6.07, 6.45) is 1.49. The largest absolute Gasteiger partial charge is 0.352 e. The molecule has 148 valence electrons. The molecule has 0 saturated carbocycles. The zero-order chi connectivity index (χ0) is 20.1. The number of likely N-dealkylation sites (tertiary alicyclic amines) is 1. The smallest absolute Gasteiger partial charge is 0.321 e. The van der Waals surface area contributed by atoms with Gasteiger partial charge in [-0.1, -0.05) is 11.6 Å². The SMILES string of the molecule is O=C(NCC1CCN(C(=O)Nc2ccc(F)cc2)CC1)c1ccc(F)cc1Cl. The third-order valence-electron chi connectivity index (χ3n) is 4.72. The zero-order valence-electron chi connectivity index (χ0n) is 15.1. The van der Waals surface area contributed by atoms with Crippen LogP contribution >= 0.6 is 11.6 Å². The van der Waals surface area contributed by atoms with Crippen LogP contribution in [0.25, 0.3) is 0 Å². The molecular weight excluding hydrogens is 388 g/mol. The van der Waals surface area contributed by atoms with Crippen molar-refractivity contribution in [3.05, 3.63) is 64.7 Å². The number of amides is 3. The van der Waals surface area contributed by atoms with Gasteiger partial charge in [-0.15, -0.1) is 0 Å². The van der Waals surface area contributed by atoms with Crippen molar-refractivity contribution >= 4 is 29.2 Å². The van der Waals surface area contributed by atoms with Crippen LogP contribution in [0.5, 0.6) is 0 Å². The predicted octanol–water partition coefficient (Wildman–Crippen LogP) is 4.29. The maximum absolute atomic E-state index is 13.1. The Morgan fingerprint density at radius 2 is 1.68 bits per heavy atom. The molecule has 1 saturated heterocycles. The first-order valence-corrected chi connectivity index (χ1v) is 9.35. The fraction of sp³-hybridized carbons (Fsp3) is 0.300. The summed E-state index contributed by atoms with van der Waals surface area (Å²) in [6, 6.07) is 9.03. The standard InChI is InChI=1S/C20H20ClF2N3O2/c21-18-11-15(23)3-6-17(18)19(27)24-12-13-7-9-26(10-8-13)20(28)25-16-4-1-14(22)2-5-16/h1-6,11,13H,7-10,12H2,(H,24,27)(H,25,28). The highest BCUT2D eigenvalue weighted by Gasteiger charge is 2.23. The van der Waals surface area contributed by atoms with E-state index in [-0.39, 0.29) is 34.3 Å². The molecule has 1 aliphatic heterocycles. The van der Waals surface area contributed by atoms with E-state index in [2.05, 4.69) is 10.6 Å². The summed E-state index contributed by atoms with van der Waals surface area (Å²) in [7, 11) is 0. The number of hydrogen-bond acceptors (Lipinski definition) is 2. The maximum atomic E-state index is 13.1. The Bertz CT molecular complexity index is 853. The lowest BCUT2D eigenvalue weighted by Gasteiger charge is -2.32. The molecule has 1 aliphatic rings. The summed E-state index contributed by atoms with van der Waals surface area (Å²) >= 11 is 5.90. The molecule has 2 aromatic rings. The first-order chi connectivity index (χ1) is 13.4. The Hall–Kier alpha value is -2.67. The second-order valence-electron chi connectivity index (χ2n) is 6.70. The number of nitrogens with zero attached hydrogens (tertiary/aromatic N) is 1. The van der Waals surface area contributed by atoms with Gasteiger partial charge in [0.15, 0.2) is 0 Å². The molecule has 2 aromatic carbocycles. The Morgan fingerprint density at radius 1 is 1.04 bits per heavy atom. The molecule has 0 spiro atoms. The highest BCUT2D eigenvalue weighted by atomic mass is 35.5. The predicted molar refractivity (Wildman–Crippen MR) is 103 cm³/mol. The number of benzene rings is 2. The van der Waals surface area contributed by atoms with Crippen molar-refractivity contribution in [2.45, 2.75) is 12.8 Å². The minimum absolute atomic E-state index is 0.0739. The molecule has 0 unspecified atom stereocenters. The average Bonchev–Trinajstić information content (AvgIpc) is 2.68.